The SMILES string of the molecule is Cc1nc(N2CCOCC2)cc(N2CCN(C(=O)c3ccc(OC(F)(F)F)cc3)CC2)n1. The van der Waals surface area contributed by atoms with Crippen LogP contribution < -0.4 is 14.5 Å². The molecular weight excluding hydrogens is 427 g/mol. The van der Waals surface area contributed by atoms with Gasteiger partial charge in [0.1, 0.15) is 23.2 Å². The number of amides is 1. The van der Waals surface area contributed by atoms with Gasteiger partial charge in [-0.25, -0.2) is 9.97 Å². The predicted molar refractivity (Wildman–Crippen MR) is 111 cm³/mol. The van der Waals surface area contributed by atoms with Crippen molar-refractivity contribution >= 4 is 17.5 Å². The van der Waals surface area contributed by atoms with Gasteiger partial charge in [-0.3, -0.25) is 4.79 Å². The Morgan fingerprint density at radius 2 is 1.50 bits per heavy atom. The summed E-state index contributed by atoms with van der Waals surface area (Å²) < 4.78 is 46.2. The van der Waals surface area contributed by atoms with Gasteiger partial charge in [0.15, 0.2) is 0 Å². The lowest BCUT2D eigenvalue weighted by atomic mass is 10.1. The van der Waals surface area contributed by atoms with Gasteiger partial charge in [-0.2, -0.15) is 0 Å². The summed E-state index contributed by atoms with van der Waals surface area (Å²) in [6.45, 7) is 6.92. The van der Waals surface area contributed by atoms with E-state index in [4.69, 9.17) is 4.74 Å². The fourth-order valence-electron chi connectivity index (χ4n) is 3.77. The van der Waals surface area contributed by atoms with Crippen molar-refractivity contribution in [3.8, 4) is 5.75 Å². The number of benzene rings is 1. The Hall–Kier alpha value is -3.08. The van der Waals surface area contributed by atoms with Crippen LogP contribution >= 0.6 is 0 Å². The highest BCUT2D eigenvalue weighted by Crippen LogP contribution is 2.24. The quantitative estimate of drug-likeness (QED) is 0.707. The van der Waals surface area contributed by atoms with Gasteiger partial charge in [-0.05, 0) is 31.2 Å². The minimum atomic E-state index is -4.76. The maximum absolute atomic E-state index is 12.8. The van der Waals surface area contributed by atoms with Gasteiger partial charge in [0.25, 0.3) is 5.91 Å². The molecule has 11 heteroatoms. The molecular formula is C21H24F3N5O3. The number of nitrogens with zero attached hydrogens (tertiary/aromatic N) is 5. The summed E-state index contributed by atoms with van der Waals surface area (Å²) in [6, 6.07) is 6.95. The molecule has 32 heavy (non-hydrogen) atoms. The van der Waals surface area contributed by atoms with Crippen molar-refractivity contribution in [2.24, 2.45) is 0 Å². The highest BCUT2D eigenvalue weighted by molar-refractivity contribution is 5.94. The van der Waals surface area contributed by atoms with Crippen LogP contribution in [0.4, 0.5) is 24.8 Å². The first-order valence-electron chi connectivity index (χ1n) is 10.4. The maximum atomic E-state index is 12.8. The Balaban J connectivity index is 1.38. The first-order chi connectivity index (χ1) is 15.3. The molecule has 2 fully saturated rings. The Kier molecular flexibility index (Phi) is 6.35. The number of hydrogen-bond donors (Lipinski definition) is 0. The Morgan fingerprint density at radius 3 is 2.06 bits per heavy atom. The highest BCUT2D eigenvalue weighted by atomic mass is 19.4. The van der Waals surface area contributed by atoms with Crippen LogP contribution in [-0.2, 0) is 4.74 Å². The predicted octanol–water partition coefficient (Wildman–Crippen LogP) is 2.48. The first-order valence-corrected chi connectivity index (χ1v) is 10.4. The monoisotopic (exact) mass is 451 g/mol. The second-order valence-corrected chi connectivity index (χ2v) is 7.58. The van der Waals surface area contributed by atoms with Crippen molar-refractivity contribution in [3.05, 3.63) is 41.7 Å². The zero-order valence-electron chi connectivity index (χ0n) is 17.6. The number of anilines is 2. The lowest BCUT2D eigenvalue weighted by Gasteiger charge is -2.36. The molecule has 2 saturated heterocycles. The number of alkyl halides is 3. The molecule has 0 unspecified atom stereocenters. The molecule has 1 aromatic carbocycles. The van der Waals surface area contributed by atoms with Gasteiger partial charge in [0.2, 0.25) is 0 Å². The topological polar surface area (TPSA) is 71.0 Å². The van der Waals surface area contributed by atoms with Crippen molar-refractivity contribution in [2.75, 3.05) is 62.3 Å². The van der Waals surface area contributed by atoms with Crippen LogP contribution in [0.2, 0.25) is 0 Å². The molecule has 1 amide bonds. The molecule has 3 heterocycles. The molecule has 0 radical (unpaired) electrons. The number of hydrogen-bond acceptors (Lipinski definition) is 7. The normalized spacial score (nSPS) is 17.4. The van der Waals surface area contributed by atoms with Crippen molar-refractivity contribution in [1.82, 2.24) is 14.9 Å². The second-order valence-electron chi connectivity index (χ2n) is 7.58. The van der Waals surface area contributed by atoms with Gasteiger partial charge < -0.3 is 24.2 Å². The van der Waals surface area contributed by atoms with E-state index in [2.05, 4.69) is 24.5 Å². The van der Waals surface area contributed by atoms with Crippen LogP contribution in [0.3, 0.4) is 0 Å². The highest BCUT2D eigenvalue weighted by Gasteiger charge is 2.31. The minimum Gasteiger partial charge on any atom is -0.406 e. The molecule has 2 aliphatic rings. The van der Waals surface area contributed by atoms with E-state index in [0.717, 1.165) is 36.9 Å². The smallest absolute Gasteiger partial charge is 0.406 e. The number of carbonyl (C=O) groups is 1. The lowest BCUT2D eigenvalue weighted by molar-refractivity contribution is -0.274. The van der Waals surface area contributed by atoms with Crippen LogP contribution in [-0.4, -0.2) is 79.6 Å². The molecule has 172 valence electrons. The molecule has 0 aliphatic carbocycles. The molecule has 2 aliphatic heterocycles. The first kappa shape index (κ1) is 22.1. The third-order valence-corrected chi connectivity index (χ3v) is 5.37. The molecule has 0 bridgehead atoms. The van der Waals surface area contributed by atoms with Crippen LogP contribution in [0.1, 0.15) is 16.2 Å². The number of morpholine rings is 1. The summed E-state index contributed by atoms with van der Waals surface area (Å²) in [5, 5.41) is 0. The van der Waals surface area contributed by atoms with E-state index >= 15 is 0 Å². The lowest BCUT2D eigenvalue weighted by Crippen LogP contribution is -2.49. The van der Waals surface area contributed by atoms with E-state index in [0.29, 0.717) is 50.8 Å². The Morgan fingerprint density at radius 1 is 0.938 bits per heavy atom. The van der Waals surface area contributed by atoms with E-state index in [1.165, 1.54) is 12.1 Å². The summed E-state index contributed by atoms with van der Waals surface area (Å²) in [4.78, 5) is 27.8. The van der Waals surface area contributed by atoms with E-state index < -0.39 is 6.36 Å². The number of rotatable bonds is 4. The molecule has 4 rings (SSSR count). The van der Waals surface area contributed by atoms with Crippen LogP contribution in [0, 0.1) is 6.92 Å². The summed E-state index contributed by atoms with van der Waals surface area (Å²) in [5.41, 5.74) is 0.320. The van der Waals surface area contributed by atoms with Gasteiger partial charge in [0.05, 0.1) is 13.2 Å². The van der Waals surface area contributed by atoms with E-state index in [1.54, 1.807) is 4.90 Å². The van der Waals surface area contributed by atoms with Crippen molar-refractivity contribution in [1.29, 1.82) is 0 Å². The fraction of sp³-hybridized carbons (Fsp3) is 0.476. The summed E-state index contributed by atoms with van der Waals surface area (Å²) in [5.74, 6) is 1.80. The second kappa shape index (κ2) is 9.19. The van der Waals surface area contributed by atoms with Gasteiger partial charge in [0, 0.05) is 50.9 Å². The molecule has 0 saturated carbocycles. The molecule has 0 atom stereocenters. The van der Waals surface area contributed by atoms with Gasteiger partial charge >= 0.3 is 6.36 Å². The van der Waals surface area contributed by atoms with Crippen molar-refractivity contribution in [2.45, 2.75) is 13.3 Å². The average molecular weight is 451 g/mol. The number of carbonyl (C=O) groups excluding carboxylic acids is 1. The zero-order valence-corrected chi connectivity index (χ0v) is 17.6. The Bertz CT molecular complexity index is 941. The van der Waals surface area contributed by atoms with Crippen LogP contribution in [0.5, 0.6) is 5.75 Å². The van der Waals surface area contributed by atoms with Crippen molar-refractivity contribution < 1.29 is 27.4 Å². The Labute approximate surface area is 183 Å². The number of ether oxygens (including phenoxy) is 2. The zero-order chi connectivity index (χ0) is 22.7. The van der Waals surface area contributed by atoms with Crippen LogP contribution in [0.25, 0.3) is 0 Å². The fourth-order valence-corrected chi connectivity index (χ4v) is 3.77. The number of aryl methyl sites for hydroxylation is 1. The van der Waals surface area contributed by atoms with E-state index in [1.807, 2.05) is 13.0 Å². The molecule has 2 aromatic rings. The summed E-state index contributed by atoms with van der Waals surface area (Å²) in [7, 11) is 0. The maximum Gasteiger partial charge on any atom is 0.573 e. The van der Waals surface area contributed by atoms with Crippen LogP contribution in [0.15, 0.2) is 30.3 Å². The minimum absolute atomic E-state index is 0.226. The summed E-state index contributed by atoms with van der Waals surface area (Å²) >= 11 is 0. The molecule has 0 spiro atoms. The number of halogens is 3. The van der Waals surface area contributed by atoms with E-state index in [9.17, 15) is 18.0 Å². The molecule has 8 nitrogen and oxygen atoms in total. The van der Waals surface area contributed by atoms with E-state index in [-0.39, 0.29) is 11.7 Å². The van der Waals surface area contributed by atoms with Gasteiger partial charge in [-0.1, -0.05) is 0 Å². The molecule has 0 N–H and O–H groups in total. The number of piperazine rings is 1. The standard InChI is InChI=1S/C21H24F3N5O3/c1-15-25-18(14-19(26-15)28-10-12-31-13-11-28)27-6-8-29(9-7-27)20(30)16-2-4-17(5-3-16)32-21(22,23)24/h2-5,14H,6-13H2,1H3. The largest absolute Gasteiger partial charge is 0.573 e. The third kappa shape index (κ3) is 5.39. The number of aromatic nitrogens is 2. The third-order valence-electron chi connectivity index (χ3n) is 5.37. The molecule has 1 aromatic heterocycles. The van der Waals surface area contributed by atoms with Crippen molar-refractivity contribution in [3.63, 3.8) is 0 Å². The van der Waals surface area contributed by atoms with Gasteiger partial charge in [-0.15, -0.1) is 13.2 Å². The average Bonchev–Trinajstić information content (AvgIpc) is 2.78. The summed E-state index contributed by atoms with van der Waals surface area (Å²) in [6.07, 6.45) is -4.76.